The molecule has 0 aliphatic heterocycles. The smallest absolute Gasteiger partial charge is 0.0727 e. The summed E-state index contributed by atoms with van der Waals surface area (Å²) in [5, 5.41) is 0. The van der Waals surface area contributed by atoms with Crippen LogP contribution >= 0.6 is 12.2 Å². The number of hydrogen-bond acceptors (Lipinski definition) is 3. The number of rotatable bonds is 8. The van der Waals surface area contributed by atoms with Crippen molar-refractivity contribution < 1.29 is 0 Å². The van der Waals surface area contributed by atoms with Gasteiger partial charge in [0.05, 0.1) is 4.99 Å². The van der Waals surface area contributed by atoms with Gasteiger partial charge in [0.25, 0.3) is 0 Å². The maximum absolute atomic E-state index is 5.42. The van der Waals surface area contributed by atoms with Gasteiger partial charge < -0.3 is 15.5 Å². The van der Waals surface area contributed by atoms with Gasteiger partial charge in [0, 0.05) is 0 Å². The number of thiocarbonyl (C=S) groups is 1. The first-order valence-corrected chi connectivity index (χ1v) is 5.54. The van der Waals surface area contributed by atoms with E-state index in [0.717, 1.165) is 32.5 Å². The molecule has 0 aromatic heterocycles. The normalized spacial score (nSPS) is 11.2. The van der Waals surface area contributed by atoms with Gasteiger partial charge in [-0.15, -0.1) is 0 Å². The second-order valence-corrected chi connectivity index (χ2v) is 4.55. The molecule has 0 atom stereocenters. The van der Waals surface area contributed by atoms with Crippen LogP contribution in [0.3, 0.4) is 0 Å². The van der Waals surface area contributed by atoms with E-state index in [2.05, 4.69) is 30.9 Å². The Kier molecular flexibility index (Phi) is 8.04. The molecular weight excluding hydrogens is 194 g/mol. The van der Waals surface area contributed by atoms with Gasteiger partial charge in [-0.1, -0.05) is 12.2 Å². The van der Waals surface area contributed by atoms with Gasteiger partial charge in [-0.05, 0) is 60.0 Å². The highest BCUT2D eigenvalue weighted by atomic mass is 32.1. The summed E-state index contributed by atoms with van der Waals surface area (Å²) in [6.45, 7) is 3.39. The first kappa shape index (κ1) is 13.8. The third-order valence-corrected chi connectivity index (χ3v) is 2.31. The van der Waals surface area contributed by atoms with Crippen molar-refractivity contribution in [1.82, 2.24) is 9.80 Å². The van der Waals surface area contributed by atoms with E-state index in [1.54, 1.807) is 0 Å². The zero-order valence-electron chi connectivity index (χ0n) is 9.62. The summed E-state index contributed by atoms with van der Waals surface area (Å²) in [6, 6.07) is 0. The minimum absolute atomic E-state index is 0.631. The van der Waals surface area contributed by atoms with Crippen LogP contribution in [-0.4, -0.2) is 55.6 Å². The quantitative estimate of drug-likeness (QED) is 0.613. The van der Waals surface area contributed by atoms with Crippen molar-refractivity contribution in [2.24, 2.45) is 5.73 Å². The number of nitrogens with zero attached hydrogens (tertiary/aromatic N) is 2. The molecule has 0 aliphatic rings. The largest absolute Gasteiger partial charge is 0.393 e. The fourth-order valence-corrected chi connectivity index (χ4v) is 1.44. The molecule has 0 spiro atoms. The molecule has 0 aliphatic carbocycles. The Bertz CT molecular complexity index is 159. The Balaban J connectivity index is 3.27. The molecule has 0 aromatic carbocycles. The van der Waals surface area contributed by atoms with Gasteiger partial charge in [0.1, 0.15) is 0 Å². The fourth-order valence-electron chi connectivity index (χ4n) is 1.29. The van der Waals surface area contributed by atoms with Gasteiger partial charge in [0.15, 0.2) is 0 Å². The molecule has 84 valence electrons. The summed E-state index contributed by atoms with van der Waals surface area (Å²) in [5.41, 5.74) is 5.42. The third kappa shape index (κ3) is 9.89. The minimum atomic E-state index is 0.631. The molecule has 14 heavy (non-hydrogen) atoms. The Labute approximate surface area is 93.2 Å². The van der Waals surface area contributed by atoms with Gasteiger partial charge in [-0.2, -0.15) is 0 Å². The summed E-state index contributed by atoms with van der Waals surface area (Å²) >= 11 is 4.82. The monoisotopic (exact) mass is 217 g/mol. The lowest BCUT2D eigenvalue weighted by atomic mass is 10.3. The van der Waals surface area contributed by atoms with Crippen LogP contribution in [-0.2, 0) is 0 Å². The van der Waals surface area contributed by atoms with E-state index in [4.69, 9.17) is 18.0 Å². The maximum Gasteiger partial charge on any atom is 0.0727 e. The molecule has 0 rings (SSSR count). The molecule has 4 heteroatoms. The Morgan fingerprint density at radius 2 is 1.64 bits per heavy atom. The molecule has 0 saturated carbocycles. The molecule has 0 aromatic rings. The Morgan fingerprint density at radius 3 is 2.14 bits per heavy atom. The first-order chi connectivity index (χ1) is 6.52. The van der Waals surface area contributed by atoms with Crippen LogP contribution in [0.15, 0.2) is 0 Å². The van der Waals surface area contributed by atoms with Crippen molar-refractivity contribution in [3.63, 3.8) is 0 Å². The van der Waals surface area contributed by atoms with Crippen molar-refractivity contribution in [1.29, 1.82) is 0 Å². The van der Waals surface area contributed by atoms with Gasteiger partial charge >= 0.3 is 0 Å². The van der Waals surface area contributed by atoms with Crippen LogP contribution in [0.5, 0.6) is 0 Å². The highest BCUT2D eigenvalue weighted by Gasteiger charge is 1.99. The highest BCUT2D eigenvalue weighted by molar-refractivity contribution is 7.80. The lowest BCUT2D eigenvalue weighted by Crippen LogP contribution is -2.25. The van der Waals surface area contributed by atoms with Crippen molar-refractivity contribution in [3.05, 3.63) is 0 Å². The SMILES string of the molecule is CN(C)CCCN(C)CCCC(N)=S. The molecular formula is C10H23N3S. The summed E-state index contributed by atoms with van der Waals surface area (Å²) in [6.07, 6.45) is 3.16. The second-order valence-electron chi connectivity index (χ2n) is 4.03. The average Bonchev–Trinajstić information content (AvgIpc) is 2.02. The Hall–Kier alpha value is -0.190. The minimum Gasteiger partial charge on any atom is -0.393 e. The van der Waals surface area contributed by atoms with E-state index in [9.17, 15) is 0 Å². The topological polar surface area (TPSA) is 32.5 Å². The first-order valence-electron chi connectivity index (χ1n) is 5.14. The molecule has 0 unspecified atom stereocenters. The van der Waals surface area contributed by atoms with E-state index in [-0.39, 0.29) is 0 Å². The molecule has 0 bridgehead atoms. The second kappa shape index (κ2) is 8.15. The lowest BCUT2D eigenvalue weighted by Gasteiger charge is -2.17. The van der Waals surface area contributed by atoms with Crippen molar-refractivity contribution in [2.75, 3.05) is 40.8 Å². The van der Waals surface area contributed by atoms with E-state index >= 15 is 0 Å². The number of hydrogen-bond donors (Lipinski definition) is 1. The van der Waals surface area contributed by atoms with Crippen molar-refractivity contribution in [3.8, 4) is 0 Å². The molecule has 3 nitrogen and oxygen atoms in total. The van der Waals surface area contributed by atoms with Crippen LogP contribution in [0.1, 0.15) is 19.3 Å². The standard InChI is InChI=1S/C10H23N3S/c1-12(2)7-5-9-13(3)8-4-6-10(11)14/h4-9H2,1-3H3,(H2,11,14). The van der Waals surface area contributed by atoms with Gasteiger partial charge in [-0.3, -0.25) is 0 Å². The summed E-state index contributed by atoms with van der Waals surface area (Å²) in [5.74, 6) is 0. The fraction of sp³-hybridized carbons (Fsp3) is 0.900. The summed E-state index contributed by atoms with van der Waals surface area (Å²) in [7, 11) is 6.36. The molecule has 0 heterocycles. The summed E-state index contributed by atoms with van der Waals surface area (Å²) in [4.78, 5) is 5.18. The summed E-state index contributed by atoms with van der Waals surface area (Å²) < 4.78 is 0. The van der Waals surface area contributed by atoms with Crippen molar-refractivity contribution >= 4 is 17.2 Å². The van der Waals surface area contributed by atoms with Crippen LogP contribution in [0.25, 0.3) is 0 Å². The van der Waals surface area contributed by atoms with Crippen LogP contribution < -0.4 is 5.73 Å². The van der Waals surface area contributed by atoms with Crippen LogP contribution in [0, 0.1) is 0 Å². The molecule has 0 radical (unpaired) electrons. The van der Waals surface area contributed by atoms with E-state index in [1.807, 2.05) is 0 Å². The zero-order chi connectivity index (χ0) is 11.0. The maximum atomic E-state index is 5.42. The lowest BCUT2D eigenvalue weighted by molar-refractivity contribution is 0.299. The van der Waals surface area contributed by atoms with E-state index < -0.39 is 0 Å². The Morgan fingerprint density at radius 1 is 1.07 bits per heavy atom. The van der Waals surface area contributed by atoms with Crippen molar-refractivity contribution in [2.45, 2.75) is 19.3 Å². The zero-order valence-corrected chi connectivity index (χ0v) is 10.4. The van der Waals surface area contributed by atoms with Crippen LogP contribution in [0.2, 0.25) is 0 Å². The third-order valence-electron chi connectivity index (χ3n) is 2.11. The molecule has 2 N–H and O–H groups in total. The molecule has 0 fully saturated rings. The van der Waals surface area contributed by atoms with Crippen LogP contribution in [0.4, 0.5) is 0 Å². The molecule has 0 saturated heterocycles. The predicted molar refractivity (Wildman–Crippen MR) is 66.7 cm³/mol. The van der Waals surface area contributed by atoms with Gasteiger partial charge in [-0.25, -0.2) is 0 Å². The highest BCUT2D eigenvalue weighted by Crippen LogP contribution is 1.95. The number of nitrogens with two attached hydrogens (primary N) is 1. The average molecular weight is 217 g/mol. The van der Waals surface area contributed by atoms with E-state index in [1.165, 1.54) is 6.42 Å². The van der Waals surface area contributed by atoms with E-state index in [0.29, 0.717) is 4.99 Å². The van der Waals surface area contributed by atoms with Gasteiger partial charge in [0.2, 0.25) is 0 Å². The molecule has 0 amide bonds. The predicted octanol–water partition coefficient (Wildman–Crippen LogP) is 0.936.